The van der Waals surface area contributed by atoms with Gasteiger partial charge in [-0.2, -0.15) is 0 Å². The average Bonchev–Trinajstić information content (AvgIpc) is 2.93. The molecule has 6 nitrogen and oxygen atoms in total. The Bertz CT molecular complexity index is 1530. The second-order valence-corrected chi connectivity index (χ2v) is 11.9. The maximum Gasteiger partial charge on any atom is 0.221 e. The Morgan fingerprint density at radius 2 is 1.23 bits per heavy atom. The summed E-state index contributed by atoms with van der Waals surface area (Å²) >= 11 is 23.8. The van der Waals surface area contributed by atoms with Crippen LogP contribution >= 0.6 is 46.4 Å². The summed E-state index contributed by atoms with van der Waals surface area (Å²) in [5, 5.41) is 4.72. The zero-order valence-electron chi connectivity index (χ0n) is 24.8. The van der Waals surface area contributed by atoms with Crippen molar-refractivity contribution in [3.8, 4) is 23.0 Å². The maximum atomic E-state index is 11.2. The molecule has 10 heteroatoms. The molecule has 0 fully saturated rings. The van der Waals surface area contributed by atoms with Gasteiger partial charge >= 0.3 is 0 Å². The number of ether oxygens (including phenoxy) is 2. The van der Waals surface area contributed by atoms with E-state index in [1.54, 1.807) is 36.4 Å². The molecular weight excluding hydrogens is 628 g/mol. The lowest BCUT2D eigenvalue weighted by Crippen LogP contribution is -2.15. The molecule has 0 aromatic heterocycles. The number of rotatable bonds is 10. The average molecular weight is 663 g/mol. The lowest BCUT2D eigenvalue weighted by molar-refractivity contribution is -0.114. The van der Waals surface area contributed by atoms with Crippen molar-refractivity contribution in [1.29, 1.82) is 0 Å². The van der Waals surface area contributed by atoms with E-state index in [9.17, 15) is 4.79 Å². The number of nitrogens with one attached hydrogen (secondary N) is 1. The molecule has 0 spiro atoms. The lowest BCUT2D eigenvalue weighted by atomic mass is 10.1. The van der Waals surface area contributed by atoms with Gasteiger partial charge in [-0.25, -0.2) is 0 Å². The van der Waals surface area contributed by atoms with Crippen LogP contribution in [-0.4, -0.2) is 50.4 Å². The maximum absolute atomic E-state index is 11.2. The van der Waals surface area contributed by atoms with Gasteiger partial charge in [0.25, 0.3) is 0 Å². The molecule has 0 aliphatic rings. The number of nitrogens with zero attached hydrogens (tertiary/aromatic N) is 2. The number of anilines is 1. The zero-order chi connectivity index (χ0) is 31.5. The number of halogens is 4. The summed E-state index contributed by atoms with van der Waals surface area (Å²) in [6, 6.07) is 24.0. The third-order valence-corrected chi connectivity index (χ3v) is 7.38. The van der Waals surface area contributed by atoms with Gasteiger partial charge in [-0.1, -0.05) is 64.6 Å². The molecule has 1 N–H and O–H groups in total. The third kappa shape index (κ3) is 11.6. The fourth-order valence-electron chi connectivity index (χ4n) is 3.91. The fraction of sp³-hybridized carbons (Fsp3) is 0.242. The minimum Gasteiger partial charge on any atom is -0.457 e. The van der Waals surface area contributed by atoms with E-state index >= 15 is 0 Å². The predicted octanol–water partition coefficient (Wildman–Crippen LogP) is 9.70. The SMILES string of the molecule is CC(=O)Nc1ccc(Oc2ccc(Cl)c(Cl)c2)c(CN(C)C)c1.CN(C)CCc1ccccc1Oc1ccc(Cl)c(Cl)c1. The monoisotopic (exact) mass is 661 g/mol. The van der Waals surface area contributed by atoms with Crippen molar-refractivity contribution >= 4 is 58.0 Å². The van der Waals surface area contributed by atoms with Gasteiger partial charge in [0.15, 0.2) is 0 Å². The molecule has 0 aliphatic carbocycles. The molecule has 0 saturated heterocycles. The van der Waals surface area contributed by atoms with Gasteiger partial charge in [0.1, 0.15) is 23.0 Å². The van der Waals surface area contributed by atoms with E-state index in [2.05, 4.69) is 30.4 Å². The summed E-state index contributed by atoms with van der Waals surface area (Å²) in [6.45, 7) is 3.12. The van der Waals surface area contributed by atoms with Gasteiger partial charge in [-0.05, 0) is 88.7 Å². The molecule has 0 radical (unpaired) electrons. The number of benzene rings is 4. The highest BCUT2D eigenvalue weighted by Gasteiger charge is 2.10. The summed E-state index contributed by atoms with van der Waals surface area (Å²) in [5.74, 6) is 2.74. The molecule has 0 bridgehead atoms. The van der Waals surface area contributed by atoms with Gasteiger partial charge in [0, 0.05) is 43.4 Å². The van der Waals surface area contributed by atoms with Crippen molar-refractivity contribution in [1.82, 2.24) is 9.80 Å². The van der Waals surface area contributed by atoms with Crippen LogP contribution in [0.3, 0.4) is 0 Å². The summed E-state index contributed by atoms with van der Waals surface area (Å²) in [7, 11) is 8.05. The first-order valence-corrected chi connectivity index (χ1v) is 15.0. The number of likely N-dealkylation sites (N-methyl/N-ethyl adjacent to an activating group) is 1. The van der Waals surface area contributed by atoms with Crippen molar-refractivity contribution in [2.45, 2.75) is 19.9 Å². The topological polar surface area (TPSA) is 54.0 Å². The number of para-hydroxylation sites is 1. The normalized spacial score (nSPS) is 10.8. The van der Waals surface area contributed by atoms with Crippen molar-refractivity contribution in [3.63, 3.8) is 0 Å². The molecule has 0 unspecified atom stereocenters. The highest BCUT2D eigenvalue weighted by Crippen LogP contribution is 2.33. The Morgan fingerprint density at radius 1 is 0.674 bits per heavy atom. The van der Waals surface area contributed by atoms with Crippen LogP contribution in [-0.2, 0) is 17.8 Å². The number of amides is 1. The number of carbonyl (C=O) groups excluding carboxylic acids is 1. The number of hydrogen-bond donors (Lipinski definition) is 1. The summed E-state index contributed by atoms with van der Waals surface area (Å²) < 4.78 is 11.8. The van der Waals surface area contributed by atoms with Crippen LogP contribution in [0.2, 0.25) is 20.1 Å². The Morgan fingerprint density at radius 3 is 1.74 bits per heavy atom. The van der Waals surface area contributed by atoms with Crippen LogP contribution in [0.1, 0.15) is 18.1 Å². The molecule has 43 heavy (non-hydrogen) atoms. The largest absolute Gasteiger partial charge is 0.457 e. The Hall–Kier alpha value is -2.97. The Balaban J connectivity index is 0.000000238. The van der Waals surface area contributed by atoms with E-state index in [1.807, 2.05) is 55.4 Å². The van der Waals surface area contributed by atoms with Crippen LogP contribution < -0.4 is 14.8 Å². The minimum atomic E-state index is -0.112. The summed E-state index contributed by atoms with van der Waals surface area (Å²) in [4.78, 5) is 15.4. The Kier molecular flexibility index (Phi) is 13.5. The summed E-state index contributed by atoms with van der Waals surface area (Å²) in [6.07, 6.45) is 0.935. The van der Waals surface area contributed by atoms with Crippen molar-refractivity contribution < 1.29 is 14.3 Å². The Labute approximate surface area is 274 Å². The smallest absolute Gasteiger partial charge is 0.221 e. The van der Waals surface area contributed by atoms with Gasteiger partial charge in [0.2, 0.25) is 5.91 Å². The zero-order valence-corrected chi connectivity index (χ0v) is 27.8. The molecule has 0 heterocycles. The lowest BCUT2D eigenvalue weighted by Gasteiger charge is -2.16. The van der Waals surface area contributed by atoms with Crippen LogP contribution in [0.25, 0.3) is 0 Å². The van der Waals surface area contributed by atoms with E-state index < -0.39 is 0 Å². The minimum absolute atomic E-state index is 0.112. The molecule has 0 aliphatic heterocycles. The molecular formula is C33H35Cl4N3O3. The van der Waals surface area contributed by atoms with E-state index in [0.717, 1.165) is 30.0 Å². The molecule has 1 amide bonds. The van der Waals surface area contributed by atoms with E-state index in [-0.39, 0.29) is 5.91 Å². The van der Waals surface area contributed by atoms with Gasteiger partial charge in [-0.15, -0.1) is 0 Å². The second kappa shape index (κ2) is 16.8. The fourth-order valence-corrected chi connectivity index (χ4v) is 4.49. The molecule has 228 valence electrons. The van der Waals surface area contributed by atoms with Gasteiger partial charge in [-0.3, -0.25) is 4.79 Å². The van der Waals surface area contributed by atoms with Crippen molar-refractivity contribution in [3.05, 3.63) is 110 Å². The van der Waals surface area contributed by atoms with E-state index in [0.29, 0.717) is 43.9 Å². The predicted molar refractivity (Wildman–Crippen MR) is 180 cm³/mol. The highest BCUT2D eigenvalue weighted by molar-refractivity contribution is 6.42. The molecule has 4 aromatic rings. The first-order chi connectivity index (χ1) is 20.4. The number of carbonyl (C=O) groups is 1. The standard InChI is InChI=1S/C17H18Cl2N2O2.C16H17Cl2NO/c1-11(22)20-13-4-7-17(12(8-13)10-21(2)3)23-14-5-6-15(18)16(19)9-14;1-19(2)10-9-12-5-3-4-6-16(12)20-13-7-8-14(17)15(18)11-13/h4-9H,10H2,1-3H3,(H,20,22);3-8,11H,9-10H2,1-2H3. The van der Waals surface area contributed by atoms with Crippen molar-refractivity contribution in [2.24, 2.45) is 0 Å². The van der Waals surface area contributed by atoms with Crippen LogP contribution in [0.4, 0.5) is 5.69 Å². The van der Waals surface area contributed by atoms with Gasteiger partial charge in [0.05, 0.1) is 20.1 Å². The molecule has 0 atom stereocenters. The first kappa shape index (κ1) is 34.5. The summed E-state index contributed by atoms with van der Waals surface area (Å²) in [5.41, 5.74) is 2.86. The second-order valence-electron chi connectivity index (χ2n) is 10.3. The third-order valence-electron chi connectivity index (χ3n) is 5.91. The molecule has 4 rings (SSSR count). The van der Waals surface area contributed by atoms with Crippen LogP contribution in [0.15, 0.2) is 78.9 Å². The van der Waals surface area contributed by atoms with Crippen molar-refractivity contribution in [2.75, 3.05) is 40.1 Å². The van der Waals surface area contributed by atoms with Gasteiger partial charge < -0.3 is 24.6 Å². The van der Waals surface area contributed by atoms with Crippen LogP contribution in [0, 0.1) is 0 Å². The van der Waals surface area contributed by atoms with Crippen LogP contribution in [0.5, 0.6) is 23.0 Å². The highest BCUT2D eigenvalue weighted by atomic mass is 35.5. The van der Waals surface area contributed by atoms with E-state index in [1.165, 1.54) is 12.5 Å². The molecule has 4 aromatic carbocycles. The quantitative estimate of drug-likeness (QED) is 0.183. The molecule has 0 saturated carbocycles. The first-order valence-electron chi connectivity index (χ1n) is 13.4. The number of hydrogen-bond acceptors (Lipinski definition) is 5. The van der Waals surface area contributed by atoms with E-state index in [4.69, 9.17) is 55.9 Å².